The lowest BCUT2D eigenvalue weighted by atomic mass is 9.82. The summed E-state index contributed by atoms with van der Waals surface area (Å²) >= 11 is 0. The van der Waals surface area contributed by atoms with Crippen LogP contribution in [0.15, 0.2) is 30.5 Å². The van der Waals surface area contributed by atoms with Crippen molar-refractivity contribution in [3.63, 3.8) is 0 Å². The third kappa shape index (κ3) is 5.82. The molecule has 0 amide bonds. The maximum Gasteiger partial charge on any atom is 0.319 e. The summed E-state index contributed by atoms with van der Waals surface area (Å²) in [7, 11) is -3.14. The van der Waals surface area contributed by atoms with Gasteiger partial charge in [0, 0.05) is 43.2 Å². The van der Waals surface area contributed by atoms with Crippen LogP contribution in [-0.4, -0.2) is 103 Å². The molecule has 2 aromatic heterocycles. The van der Waals surface area contributed by atoms with Gasteiger partial charge in [0.05, 0.1) is 35.6 Å². The number of benzene rings is 2. The van der Waals surface area contributed by atoms with Crippen LogP contribution in [0.3, 0.4) is 0 Å². The molecule has 14 heteroatoms. The zero-order valence-corrected chi connectivity index (χ0v) is 28.7. The van der Waals surface area contributed by atoms with Crippen molar-refractivity contribution >= 4 is 37.3 Å². The predicted molar refractivity (Wildman–Crippen MR) is 183 cm³/mol. The number of sulfone groups is 1. The molecule has 8 rings (SSSR count). The van der Waals surface area contributed by atoms with Crippen molar-refractivity contribution in [1.82, 2.24) is 19.9 Å². The molecule has 0 saturated carbocycles. The molecule has 0 bridgehead atoms. The average molecular weight is 712 g/mol. The molecule has 4 saturated heterocycles. The minimum absolute atomic E-state index is 0.0645. The molecule has 2 aromatic carbocycles. The van der Waals surface area contributed by atoms with Crippen LogP contribution in [0.25, 0.3) is 32.9 Å². The number of ether oxygens (including phenoxy) is 2. The number of alkyl halides is 1. The lowest BCUT2D eigenvalue weighted by Crippen LogP contribution is -2.44. The van der Waals surface area contributed by atoms with Crippen molar-refractivity contribution in [1.29, 1.82) is 0 Å². The zero-order chi connectivity index (χ0) is 34.8. The monoisotopic (exact) mass is 711 g/mol. The van der Waals surface area contributed by atoms with Gasteiger partial charge >= 0.3 is 6.01 Å². The quantitative estimate of drug-likeness (QED) is 0.280. The van der Waals surface area contributed by atoms with Gasteiger partial charge in [0.2, 0.25) is 0 Å². The SMILES string of the molecule is CCc1c(F)ccc2cc(O)cc(-c3ncc4c(N5CCOCC6(CCS(=O)(=O)CC6)C5)nc(OC[C@@]56CCCN5C[C@H](F)C6)nc4c3F)c12. The molecule has 6 heterocycles. The van der Waals surface area contributed by atoms with E-state index in [0.29, 0.717) is 86.1 Å². The fourth-order valence-corrected chi connectivity index (χ4v) is 10.3. The van der Waals surface area contributed by atoms with Gasteiger partial charge in [0.25, 0.3) is 0 Å². The number of fused-ring (bicyclic) bond motifs is 3. The summed E-state index contributed by atoms with van der Waals surface area (Å²) in [4.78, 5) is 18.0. The van der Waals surface area contributed by atoms with Crippen LogP contribution in [0.2, 0.25) is 0 Å². The van der Waals surface area contributed by atoms with Crippen LogP contribution in [0.1, 0.15) is 44.6 Å². The minimum Gasteiger partial charge on any atom is -0.508 e. The number of rotatable bonds is 6. The standard InChI is InChI=1S/C36H40F3N5O5S/c1-2-25-28(38)5-4-22-14-24(45)15-26(29(22)25)31-30(39)32-27(17-40-31)33(43-10-11-48-20-35(19-43)7-12-50(46,47)13-8-35)42-34(41-32)49-21-36-6-3-9-44(36)18-23(37)16-36/h4-5,14-15,17,23,45H,2-3,6-13,16,18-21H2,1H3/t23-,36+/m1/s1. The number of aromatic nitrogens is 3. The summed E-state index contributed by atoms with van der Waals surface area (Å²) in [6.45, 7) is 4.64. The van der Waals surface area contributed by atoms with E-state index in [1.54, 1.807) is 6.07 Å². The summed E-state index contributed by atoms with van der Waals surface area (Å²) in [5.41, 5.74) is -0.519. The van der Waals surface area contributed by atoms with Gasteiger partial charge in [-0.3, -0.25) is 9.88 Å². The maximum absolute atomic E-state index is 17.0. The Bertz CT molecular complexity index is 2090. The van der Waals surface area contributed by atoms with Crippen LogP contribution in [-0.2, 0) is 21.0 Å². The molecule has 1 N–H and O–H groups in total. The summed E-state index contributed by atoms with van der Waals surface area (Å²) in [5.74, 6) is -0.849. The van der Waals surface area contributed by atoms with Gasteiger partial charge in [-0.25, -0.2) is 21.6 Å². The molecular formula is C36H40F3N5O5S. The van der Waals surface area contributed by atoms with E-state index in [9.17, 15) is 17.9 Å². The van der Waals surface area contributed by atoms with Crippen molar-refractivity contribution in [3.8, 4) is 23.0 Å². The third-order valence-corrected chi connectivity index (χ3v) is 12.9. The number of nitrogens with zero attached hydrogens (tertiary/aromatic N) is 5. The molecule has 0 aliphatic carbocycles. The highest BCUT2D eigenvalue weighted by Gasteiger charge is 2.49. The molecule has 4 aromatic rings. The van der Waals surface area contributed by atoms with E-state index in [0.717, 1.165) is 19.4 Å². The largest absolute Gasteiger partial charge is 0.508 e. The Labute approximate surface area is 288 Å². The van der Waals surface area contributed by atoms with Crippen molar-refractivity contribution < 1.29 is 36.2 Å². The van der Waals surface area contributed by atoms with Crippen molar-refractivity contribution in [2.75, 3.05) is 62.4 Å². The van der Waals surface area contributed by atoms with Gasteiger partial charge in [-0.1, -0.05) is 13.0 Å². The van der Waals surface area contributed by atoms with Gasteiger partial charge < -0.3 is 19.5 Å². The van der Waals surface area contributed by atoms with Crippen molar-refractivity contribution in [3.05, 3.63) is 47.7 Å². The smallest absolute Gasteiger partial charge is 0.319 e. The van der Waals surface area contributed by atoms with E-state index in [1.165, 1.54) is 24.4 Å². The number of aromatic hydroxyl groups is 1. The van der Waals surface area contributed by atoms with E-state index in [-0.39, 0.29) is 46.6 Å². The minimum atomic E-state index is -3.14. The third-order valence-electron chi connectivity index (χ3n) is 11.3. The Morgan fingerprint density at radius 3 is 2.74 bits per heavy atom. The first kappa shape index (κ1) is 33.4. The first-order chi connectivity index (χ1) is 24.0. The molecular weight excluding hydrogens is 671 g/mol. The molecule has 1 spiro atoms. The summed E-state index contributed by atoms with van der Waals surface area (Å²) in [6, 6.07) is 5.69. The lowest BCUT2D eigenvalue weighted by molar-refractivity contribution is 0.0632. The average Bonchev–Trinajstić information content (AvgIpc) is 3.53. The van der Waals surface area contributed by atoms with E-state index >= 15 is 8.78 Å². The second-order valence-electron chi connectivity index (χ2n) is 14.5. The Morgan fingerprint density at radius 2 is 1.94 bits per heavy atom. The Morgan fingerprint density at radius 1 is 1.12 bits per heavy atom. The fraction of sp³-hybridized carbons (Fsp3) is 0.528. The second-order valence-corrected chi connectivity index (χ2v) is 16.8. The van der Waals surface area contributed by atoms with Crippen LogP contribution in [0.4, 0.5) is 19.0 Å². The lowest BCUT2D eigenvalue weighted by Gasteiger charge is -2.38. The maximum atomic E-state index is 17.0. The summed E-state index contributed by atoms with van der Waals surface area (Å²) in [6.07, 6.45) is 3.75. The molecule has 2 atom stereocenters. The van der Waals surface area contributed by atoms with E-state index in [2.05, 4.69) is 14.9 Å². The fourth-order valence-electron chi connectivity index (χ4n) is 8.64. The van der Waals surface area contributed by atoms with Gasteiger partial charge in [-0.05, 0) is 73.2 Å². The molecule has 50 heavy (non-hydrogen) atoms. The Balaban J connectivity index is 1.26. The number of phenolic OH excluding ortho intramolecular Hbond substituents is 1. The summed E-state index contributed by atoms with van der Waals surface area (Å²) < 4.78 is 83.7. The van der Waals surface area contributed by atoms with Crippen molar-refractivity contribution in [2.45, 2.75) is 57.2 Å². The molecule has 0 radical (unpaired) electrons. The molecule has 10 nitrogen and oxygen atoms in total. The van der Waals surface area contributed by atoms with E-state index < -0.39 is 38.6 Å². The summed E-state index contributed by atoms with van der Waals surface area (Å²) in [5, 5.41) is 11.9. The Hall–Kier alpha value is -3.75. The number of hydrogen-bond acceptors (Lipinski definition) is 10. The van der Waals surface area contributed by atoms with E-state index in [1.807, 2.05) is 11.8 Å². The molecule has 266 valence electrons. The predicted octanol–water partition coefficient (Wildman–Crippen LogP) is 5.38. The van der Waals surface area contributed by atoms with Gasteiger partial charge in [0.15, 0.2) is 5.82 Å². The van der Waals surface area contributed by atoms with Gasteiger partial charge in [-0.2, -0.15) is 9.97 Å². The molecule has 4 fully saturated rings. The van der Waals surface area contributed by atoms with Crippen LogP contribution in [0, 0.1) is 17.0 Å². The highest BCUT2D eigenvalue weighted by molar-refractivity contribution is 7.91. The molecule has 4 aliphatic heterocycles. The number of halogens is 3. The zero-order valence-electron chi connectivity index (χ0n) is 27.9. The van der Waals surface area contributed by atoms with Crippen LogP contribution in [0.5, 0.6) is 11.8 Å². The van der Waals surface area contributed by atoms with E-state index in [4.69, 9.17) is 14.5 Å². The van der Waals surface area contributed by atoms with Crippen LogP contribution >= 0.6 is 0 Å². The highest BCUT2D eigenvalue weighted by atomic mass is 32.2. The Kier molecular flexibility index (Phi) is 8.34. The van der Waals surface area contributed by atoms with Crippen molar-refractivity contribution in [2.24, 2.45) is 5.41 Å². The van der Waals surface area contributed by atoms with Crippen LogP contribution < -0.4 is 9.64 Å². The van der Waals surface area contributed by atoms with Gasteiger partial charge in [0.1, 0.15) is 51.2 Å². The second kappa shape index (κ2) is 12.5. The first-order valence-electron chi connectivity index (χ1n) is 17.3. The number of hydrogen-bond donors (Lipinski definition) is 1. The molecule has 0 unspecified atom stereocenters. The number of anilines is 1. The number of phenols is 1. The topological polar surface area (TPSA) is 118 Å². The normalized spacial score (nSPS) is 25.0. The highest BCUT2D eigenvalue weighted by Crippen LogP contribution is 2.43. The van der Waals surface area contributed by atoms with Gasteiger partial charge in [-0.15, -0.1) is 0 Å². The number of pyridine rings is 1. The first-order valence-corrected chi connectivity index (χ1v) is 19.2. The molecule has 4 aliphatic rings. The number of aryl methyl sites for hydroxylation is 1.